The molecule has 0 aliphatic rings. The van der Waals surface area contributed by atoms with E-state index in [4.69, 9.17) is 46.4 Å². The van der Waals surface area contributed by atoms with Gasteiger partial charge in [0.05, 0.1) is 26.3 Å². The van der Waals surface area contributed by atoms with Gasteiger partial charge in [0, 0.05) is 5.02 Å². The molecule has 0 saturated carbocycles. The minimum atomic E-state index is -0.406. The zero-order valence-electron chi connectivity index (χ0n) is 9.38. The third-order valence-corrected chi connectivity index (χ3v) is 3.76. The molecule has 0 radical (unpaired) electrons. The quantitative estimate of drug-likeness (QED) is 0.766. The first-order valence-electron chi connectivity index (χ1n) is 5.19. The summed E-state index contributed by atoms with van der Waals surface area (Å²) in [4.78, 5) is 12.1. The van der Waals surface area contributed by atoms with Crippen LogP contribution in [0, 0.1) is 0 Å². The molecule has 1 amide bonds. The SMILES string of the molecule is O=C(Nc1cc(Cl)ccc1Cl)c1cccc(Cl)c1Cl. The fraction of sp³-hybridized carbons (Fsp3) is 0. The van der Waals surface area contributed by atoms with Gasteiger partial charge in [-0.2, -0.15) is 0 Å². The molecule has 0 unspecified atom stereocenters. The van der Waals surface area contributed by atoms with E-state index in [-0.39, 0.29) is 10.6 Å². The molecule has 6 heteroatoms. The van der Waals surface area contributed by atoms with Gasteiger partial charge >= 0.3 is 0 Å². The zero-order valence-corrected chi connectivity index (χ0v) is 12.4. The van der Waals surface area contributed by atoms with Crippen LogP contribution in [-0.4, -0.2) is 5.91 Å². The van der Waals surface area contributed by atoms with Crippen LogP contribution in [0.4, 0.5) is 5.69 Å². The van der Waals surface area contributed by atoms with Gasteiger partial charge in [-0.3, -0.25) is 4.79 Å². The lowest BCUT2D eigenvalue weighted by atomic mass is 10.2. The first-order valence-corrected chi connectivity index (χ1v) is 6.70. The average Bonchev–Trinajstić information content (AvgIpc) is 2.37. The van der Waals surface area contributed by atoms with E-state index in [0.717, 1.165) is 0 Å². The highest BCUT2D eigenvalue weighted by molar-refractivity contribution is 6.44. The third kappa shape index (κ3) is 3.34. The van der Waals surface area contributed by atoms with Crippen molar-refractivity contribution < 1.29 is 4.79 Å². The first-order chi connectivity index (χ1) is 8.99. The molecule has 2 nitrogen and oxygen atoms in total. The molecule has 98 valence electrons. The van der Waals surface area contributed by atoms with Crippen LogP contribution in [0.5, 0.6) is 0 Å². The van der Waals surface area contributed by atoms with Crippen molar-refractivity contribution in [2.45, 2.75) is 0 Å². The molecule has 0 atom stereocenters. The summed E-state index contributed by atoms with van der Waals surface area (Å²) in [6.07, 6.45) is 0. The van der Waals surface area contributed by atoms with Crippen molar-refractivity contribution >= 4 is 58.0 Å². The molecule has 0 spiro atoms. The van der Waals surface area contributed by atoms with Gasteiger partial charge in [-0.25, -0.2) is 0 Å². The third-order valence-electron chi connectivity index (χ3n) is 2.37. The minimum Gasteiger partial charge on any atom is -0.321 e. The fourth-order valence-corrected chi connectivity index (χ4v) is 2.19. The van der Waals surface area contributed by atoms with Crippen molar-refractivity contribution in [3.05, 3.63) is 62.1 Å². The lowest BCUT2D eigenvalue weighted by Crippen LogP contribution is -2.12. The maximum atomic E-state index is 12.1. The Morgan fingerprint density at radius 3 is 2.42 bits per heavy atom. The zero-order chi connectivity index (χ0) is 14.0. The molecular formula is C13H7Cl4NO. The molecule has 0 aliphatic carbocycles. The second kappa shape index (κ2) is 6.02. The Bertz CT molecular complexity index is 643. The largest absolute Gasteiger partial charge is 0.321 e. The number of carbonyl (C=O) groups is 1. The van der Waals surface area contributed by atoms with E-state index in [9.17, 15) is 4.79 Å². The standard InChI is InChI=1S/C13H7Cl4NO/c14-7-4-5-9(15)11(6-7)18-13(19)8-2-1-3-10(16)12(8)17/h1-6H,(H,18,19). The van der Waals surface area contributed by atoms with E-state index >= 15 is 0 Å². The van der Waals surface area contributed by atoms with E-state index in [0.29, 0.717) is 20.8 Å². The molecule has 2 aromatic carbocycles. The molecule has 0 saturated heterocycles. The van der Waals surface area contributed by atoms with Crippen molar-refractivity contribution in [1.29, 1.82) is 0 Å². The van der Waals surface area contributed by atoms with Crippen molar-refractivity contribution in [2.75, 3.05) is 5.32 Å². The van der Waals surface area contributed by atoms with E-state index in [1.165, 1.54) is 0 Å². The molecule has 0 bridgehead atoms. The molecule has 2 aromatic rings. The summed E-state index contributed by atoms with van der Waals surface area (Å²) in [5, 5.41) is 4.00. The molecule has 2 rings (SSSR count). The normalized spacial score (nSPS) is 10.3. The highest BCUT2D eigenvalue weighted by atomic mass is 35.5. The van der Waals surface area contributed by atoms with Crippen molar-refractivity contribution in [1.82, 2.24) is 0 Å². The number of hydrogen-bond acceptors (Lipinski definition) is 1. The van der Waals surface area contributed by atoms with Crippen LogP contribution in [0.15, 0.2) is 36.4 Å². The Hall–Kier alpha value is -0.930. The topological polar surface area (TPSA) is 29.1 Å². The Labute approximate surface area is 130 Å². The van der Waals surface area contributed by atoms with E-state index < -0.39 is 5.91 Å². The van der Waals surface area contributed by atoms with Gasteiger partial charge in [0.2, 0.25) is 0 Å². The minimum absolute atomic E-state index is 0.194. The number of hydrogen-bond donors (Lipinski definition) is 1. The number of anilines is 1. The van der Waals surface area contributed by atoms with Gasteiger partial charge in [0.1, 0.15) is 0 Å². The van der Waals surface area contributed by atoms with E-state index in [2.05, 4.69) is 5.32 Å². The van der Waals surface area contributed by atoms with Gasteiger partial charge in [-0.05, 0) is 30.3 Å². The van der Waals surface area contributed by atoms with Crippen LogP contribution in [-0.2, 0) is 0 Å². The number of rotatable bonds is 2. The molecule has 0 fully saturated rings. The maximum absolute atomic E-state index is 12.1. The Morgan fingerprint density at radius 1 is 0.947 bits per heavy atom. The van der Waals surface area contributed by atoms with Crippen LogP contribution in [0.25, 0.3) is 0 Å². The molecule has 0 aromatic heterocycles. The Balaban J connectivity index is 2.31. The smallest absolute Gasteiger partial charge is 0.257 e. The highest BCUT2D eigenvalue weighted by Gasteiger charge is 2.14. The monoisotopic (exact) mass is 333 g/mol. The first kappa shape index (κ1) is 14.5. The summed E-state index contributed by atoms with van der Waals surface area (Å²) < 4.78 is 0. The number of carbonyl (C=O) groups excluding carboxylic acids is 1. The van der Waals surface area contributed by atoms with E-state index in [1.54, 1.807) is 36.4 Å². The summed E-state index contributed by atoms with van der Waals surface area (Å²) in [7, 11) is 0. The molecule has 19 heavy (non-hydrogen) atoms. The number of halogens is 4. The molecule has 1 N–H and O–H groups in total. The molecular weight excluding hydrogens is 328 g/mol. The number of nitrogens with one attached hydrogen (secondary N) is 1. The summed E-state index contributed by atoms with van der Waals surface area (Å²) in [6.45, 7) is 0. The lowest BCUT2D eigenvalue weighted by molar-refractivity contribution is 0.102. The predicted molar refractivity (Wildman–Crippen MR) is 80.9 cm³/mol. The van der Waals surface area contributed by atoms with Crippen LogP contribution in [0.3, 0.4) is 0 Å². The molecule has 0 heterocycles. The van der Waals surface area contributed by atoms with Gasteiger partial charge < -0.3 is 5.32 Å². The Morgan fingerprint density at radius 2 is 1.68 bits per heavy atom. The van der Waals surface area contributed by atoms with Crippen LogP contribution >= 0.6 is 46.4 Å². The second-order valence-electron chi connectivity index (χ2n) is 3.68. The summed E-state index contributed by atoms with van der Waals surface area (Å²) in [5.41, 5.74) is 0.681. The van der Waals surface area contributed by atoms with Gasteiger partial charge in [0.25, 0.3) is 5.91 Å². The van der Waals surface area contributed by atoms with Gasteiger partial charge in [0.15, 0.2) is 0 Å². The number of benzene rings is 2. The average molecular weight is 335 g/mol. The predicted octanol–water partition coefficient (Wildman–Crippen LogP) is 5.55. The van der Waals surface area contributed by atoms with Crippen LogP contribution in [0.1, 0.15) is 10.4 Å². The maximum Gasteiger partial charge on any atom is 0.257 e. The summed E-state index contributed by atoms with van der Waals surface area (Å²) in [5.74, 6) is -0.406. The van der Waals surface area contributed by atoms with Crippen molar-refractivity contribution in [3.63, 3.8) is 0 Å². The number of amides is 1. The lowest BCUT2D eigenvalue weighted by Gasteiger charge is -2.09. The summed E-state index contributed by atoms with van der Waals surface area (Å²) >= 11 is 23.6. The van der Waals surface area contributed by atoms with Crippen molar-refractivity contribution in [2.24, 2.45) is 0 Å². The van der Waals surface area contributed by atoms with Crippen molar-refractivity contribution in [3.8, 4) is 0 Å². The van der Waals surface area contributed by atoms with Crippen LogP contribution in [0.2, 0.25) is 20.1 Å². The highest BCUT2D eigenvalue weighted by Crippen LogP contribution is 2.29. The fourth-order valence-electron chi connectivity index (χ4n) is 1.46. The van der Waals surface area contributed by atoms with Crippen LogP contribution < -0.4 is 5.32 Å². The molecule has 0 aliphatic heterocycles. The van der Waals surface area contributed by atoms with Gasteiger partial charge in [-0.1, -0.05) is 52.5 Å². The second-order valence-corrected chi connectivity index (χ2v) is 5.31. The van der Waals surface area contributed by atoms with Gasteiger partial charge in [-0.15, -0.1) is 0 Å². The summed E-state index contributed by atoms with van der Waals surface area (Å²) in [6, 6.07) is 9.60. The van der Waals surface area contributed by atoms with E-state index in [1.807, 2.05) is 0 Å². The Kier molecular flexibility index (Phi) is 4.58.